The number of piperazine rings is 1. The summed E-state index contributed by atoms with van der Waals surface area (Å²) in [7, 11) is 1.58. The van der Waals surface area contributed by atoms with Gasteiger partial charge in [-0.2, -0.15) is 0 Å². The molecule has 0 atom stereocenters. The van der Waals surface area contributed by atoms with Crippen LogP contribution >= 0.6 is 11.3 Å². The number of nitrogens with one attached hydrogen (secondary N) is 1. The van der Waals surface area contributed by atoms with Gasteiger partial charge in [0.2, 0.25) is 5.88 Å². The van der Waals surface area contributed by atoms with E-state index in [1.807, 2.05) is 17.0 Å². The average molecular weight is 346 g/mol. The maximum Gasteiger partial charge on any atom is 0.317 e. The van der Waals surface area contributed by atoms with E-state index in [0.717, 1.165) is 38.3 Å². The Balaban J connectivity index is 1.45. The van der Waals surface area contributed by atoms with E-state index in [2.05, 4.69) is 32.7 Å². The minimum atomic E-state index is -0.0309. The second kappa shape index (κ2) is 8.12. The minimum absolute atomic E-state index is 0.0309. The number of hydrogen-bond acceptors (Lipinski definition) is 5. The van der Waals surface area contributed by atoms with Gasteiger partial charge < -0.3 is 15.0 Å². The van der Waals surface area contributed by atoms with Crippen molar-refractivity contribution in [2.75, 3.05) is 33.3 Å². The van der Waals surface area contributed by atoms with Crippen molar-refractivity contribution in [1.29, 1.82) is 0 Å². The molecule has 1 fully saturated rings. The van der Waals surface area contributed by atoms with Crippen LogP contribution < -0.4 is 10.1 Å². The summed E-state index contributed by atoms with van der Waals surface area (Å²) in [5.41, 5.74) is 0.879. The van der Waals surface area contributed by atoms with Crippen LogP contribution in [0, 0.1) is 0 Å². The van der Waals surface area contributed by atoms with Crippen molar-refractivity contribution in [3.8, 4) is 5.88 Å². The van der Waals surface area contributed by atoms with Gasteiger partial charge in [0.15, 0.2) is 0 Å². The smallest absolute Gasteiger partial charge is 0.317 e. The molecule has 128 valence electrons. The van der Waals surface area contributed by atoms with Crippen molar-refractivity contribution < 1.29 is 9.53 Å². The van der Waals surface area contributed by atoms with E-state index in [1.54, 1.807) is 24.6 Å². The van der Waals surface area contributed by atoms with Gasteiger partial charge in [-0.1, -0.05) is 12.1 Å². The number of urea groups is 1. The molecule has 2 amide bonds. The van der Waals surface area contributed by atoms with Gasteiger partial charge in [-0.05, 0) is 17.5 Å². The first-order chi connectivity index (χ1) is 11.8. The highest BCUT2D eigenvalue weighted by molar-refractivity contribution is 7.09. The van der Waals surface area contributed by atoms with Crippen molar-refractivity contribution >= 4 is 17.4 Å². The molecule has 2 aromatic heterocycles. The van der Waals surface area contributed by atoms with E-state index < -0.39 is 0 Å². The molecule has 6 nitrogen and oxygen atoms in total. The number of hydrogen-bond donors (Lipinski definition) is 1. The number of aromatic nitrogens is 1. The summed E-state index contributed by atoms with van der Waals surface area (Å²) in [6.07, 6.45) is 1.68. The highest BCUT2D eigenvalue weighted by Gasteiger charge is 2.21. The number of thiophene rings is 1. The molecule has 0 spiro atoms. The van der Waals surface area contributed by atoms with Crippen LogP contribution in [0.25, 0.3) is 0 Å². The van der Waals surface area contributed by atoms with E-state index >= 15 is 0 Å². The Bertz CT molecular complexity index is 654. The third-order valence-corrected chi connectivity index (χ3v) is 4.95. The SMILES string of the molecule is COc1ncccc1CNC(=O)N1CCN(Cc2cccs2)CC1. The van der Waals surface area contributed by atoms with E-state index in [9.17, 15) is 4.79 Å². The predicted octanol–water partition coefficient (Wildman–Crippen LogP) is 2.18. The number of carbonyl (C=O) groups is 1. The number of amides is 2. The number of carbonyl (C=O) groups excluding carboxylic acids is 1. The van der Waals surface area contributed by atoms with Crippen molar-refractivity contribution in [2.24, 2.45) is 0 Å². The molecule has 0 radical (unpaired) electrons. The molecule has 0 unspecified atom stereocenters. The molecular weight excluding hydrogens is 324 g/mol. The summed E-state index contributed by atoms with van der Waals surface area (Å²) in [5, 5.41) is 5.06. The molecule has 1 N–H and O–H groups in total. The standard InChI is InChI=1S/C17H22N4O2S/c1-23-16-14(4-2-6-18-16)12-19-17(22)21-9-7-20(8-10-21)13-15-5-3-11-24-15/h2-6,11H,7-10,12-13H2,1H3,(H,19,22). The third kappa shape index (κ3) is 4.24. The fourth-order valence-electron chi connectivity index (χ4n) is 2.76. The van der Waals surface area contributed by atoms with Gasteiger partial charge in [0.1, 0.15) is 0 Å². The molecule has 24 heavy (non-hydrogen) atoms. The normalized spacial score (nSPS) is 15.3. The number of ether oxygens (including phenoxy) is 1. The molecule has 3 heterocycles. The molecule has 0 aromatic carbocycles. The summed E-state index contributed by atoms with van der Waals surface area (Å²) >= 11 is 1.78. The number of pyridine rings is 1. The molecule has 1 saturated heterocycles. The van der Waals surface area contributed by atoms with Crippen molar-refractivity contribution in [3.63, 3.8) is 0 Å². The monoisotopic (exact) mass is 346 g/mol. The van der Waals surface area contributed by atoms with Crippen LogP contribution in [0.1, 0.15) is 10.4 Å². The summed E-state index contributed by atoms with van der Waals surface area (Å²) in [6, 6.07) is 7.96. The molecule has 1 aliphatic heterocycles. The quantitative estimate of drug-likeness (QED) is 0.902. The van der Waals surface area contributed by atoms with Crippen molar-refractivity contribution in [2.45, 2.75) is 13.1 Å². The molecule has 2 aromatic rings. The van der Waals surface area contributed by atoms with Crippen LogP contribution in [0.3, 0.4) is 0 Å². The van der Waals surface area contributed by atoms with E-state index in [4.69, 9.17) is 4.74 Å². The van der Waals surface area contributed by atoms with Crippen LogP contribution in [0.15, 0.2) is 35.8 Å². The summed E-state index contributed by atoms with van der Waals surface area (Å²) in [4.78, 5) is 22.1. The Morgan fingerprint density at radius 3 is 2.83 bits per heavy atom. The summed E-state index contributed by atoms with van der Waals surface area (Å²) < 4.78 is 5.21. The van der Waals surface area contributed by atoms with Gasteiger partial charge in [-0.15, -0.1) is 11.3 Å². The highest BCUT2D eigenvalue weighted by atomic mass is 32.1. The van der Waals surface area contributed by atoms with Gasteiger partial charge in [-0.25, -0.2) is 9.78 Å². The lowest BCUT2D eigenvalue weighted by Crippen LogP contribution is -2.51. The fraction of sp³-hybridized carbons (Fsp3) is 0.412. The Kier molecular flexibility index (Phi) is 5.66. The van der Waals surface area contributed by atoms with Gasteiger partial charge in [0.25, 0.3) is 0 Å². The highest BCUT2D eigenvalue weighted by Crippen LogP contribution is 2.15. The zero-order valence-corrected chi connectivity index (χ0v) is 14.6. The van der Waals surface area contributed by atoms with Crippen LogP contribution in [-0.4, -0.2) is 54.1 Å². The van der Waals surface area contributed by atoms with Gasteiger partial charge >= 0.3 is 6.03 Å². The fourth-order valence-corrected chi connectivity index (χ4v) is 3.50. The van der Waals surface area contributed by atoms with E-state index in [-0.39, 0.29) is 6.03 Å². The lowest BCUT2D eigenvalue weighted by molar-refractivity contribution is 0.135. The Labute approximate surface area is 146 Å². The first kappa shape index (κ1) is 16.7. The van der Waals surface area contributed by atoms with E-state index in [1.165, 1.54) is 4.88 Å². The number of methoxy groups -OCH3 is 1. The lowest BCUT2D eigenvalue weighted by atomic mass is 10.2. The Morgan fingerprint density at radius 1 is 1.29 bits per heavy atom. The van der Waals surface area contributed by atoms with Gasteiger partial charge in [0, 0.05) is 55.9 Å². The molecule has 3 rings (SSSR count). The first-order valence-corrected chi connectivity index (χ1v) is 8.89. The second-order valence-corrected chi connectivity index (χ2v) is 6.71. The first-order valence-electron chi connectivity index (χ1n) is 8.01. The minimum Gasteiger partial charge on any atom is -0.481 e. The van der Waals surface area contributed by atoms with Crippen molar-refractivity contribution in [3.05, 3.63) is 46.3 Å². The zero-order chi connectivity index (χ0) is 16.8. The van der Waals surface area contributed by atoms with Crippen molar-refractivity contribution in [1.82, 2.24) is 20.1 Å². The third-order valence-electron chi connectivity index (χ3n) is 4.09. The van der Waals surface area contributed by atoms with Crippen LogP contribution in [0.2, 0.25) is 0 Å². The van der Waals surface area contributed by atoms with E-state index in [0.29, 0.717) is 12.4 Å². The molecule has 0 aliphatic carbocycles. The van der Waals surface area contributed by atoms with Crippen LogP contribution in [0.4, 0.5) is 4.79 Å². The maximum atomic E-state index is 12.3. The largest absolute Gasteiger partial charge is 0.481 e. The average Bonchev–Trinajstić information content (AvgIpc) is 3.13. The molecule has 7 heteroatoms. The number of nitrogens with zero attached hydrogens (tertiary/aromatic N) is 3. The lowest BCUT2D eigenvalue weighted by Gasteiger charge is -2.34. The maximum absolute atomic E-state index is 12.3. The summed E-state index contributed by atoms with van der Waals surface area (Å²) in [6.45, 7) is 4.71. The Hall–Kier alpha value is -2.12. The van der Waals surface area contributed by atoms with Crippen LogP contribution in [0.5, 0.6) is 5.88 Å². The second-order valence-electron chi connectivity index (χ2n) is 5.67. The topological polar surface area (TPSA) is 57.7 Å². The zero-order valence-electron chi connectivity index (χ0n) is 13.8. The Morgan fingerprint density at radius 2 is 2.12 bits per heavy atom. The van der Waals surface area contributed by atoms with Gasteiger partial charge in [0.05, 0.1) is 7.11 Å². The predicted molar refractivity (Wildman–Crippen MR) is 94.2 cm³/mol. The number of rotatable bonds is 5. The molecule has 0 bridgehead atoms. The molecule has 1 aliphatic rings. The molecule has 0 saturated carbocycles. The molecular formula is C17H22N4O2S. The van der Waals surface area contributed by atoms with Gasteiger partial charge in [-0.3, -0.25) is 4.90 Å². The summed E-state index contributed by atoms with van der Waals surface area (Å²) in [5.74, 6) is 0.554. The van der Waals surface area contributed by atoms with Crippen LogP contribution in [-0.2, 0) is 13.1 Å².